The molecule has 0 radical (unpaired) electrons. The molecule has 0 aliphatic carbocycles. The fraction of sp³-hybridized carbons (Fsp3) is 0.250. The molecule has 1 aliphatic heterocycles. The number of aromatic nitrogens is 1. The second kappa shape index (κ2) is 7.35. The predicted octanol–water partition coefficient (Wildman–Crippen LogP) is 3.00. The molecule has 0 saturated carbocycles. The van der Waals surface area contributed by atoms with Gasteiger partial charge in [0, 0.05) is 43.0 Å². The lowest BCUT2D eigenvalue weighted by Gasteiger charge is -2.35. The first kappa shape index (κ1) is 17.0. The summed E-state index contributed by atoms with van der Waals surface area (Å²) in [5.41, 5.74) is 1.46. The van der Waals surface area contributed by atoms with Crippen molar-refractivity contribution in [2.24, 2.45) is 0 Å². The lowest BCUT2D eigenvalue weighted by atomic mass is 10.2. The number of pyridine rings is 1. The van der Waals surface area contributed by atoms with Gasteiger partial charge in [-0.05, 0) is 34.2 Å². The second-order valence-corrected chi connectivity index (χ2v) is 5.98. The van der Waals surface area contributed by atoms with Crippen molar-refractivity contribution < 1.29 is 9.72 Å². The van der Waals surface area contributed by atoms with Crippen LogP contribution in [0.1, 0.15) is 0 Å². The van der Waals surface area contributed by atoms with Gasteiger partial charge in [0.2, 0.25) is 0 Å². The van der Waals surface area contributed by atoms with Crippen LogP contribution >= 0.6 is 11.6 Å². The zero-order valence-electron chi connectivity index (χ0n) is 13.3. The topological polar surface area (TPSA) is 91.6 Å². The maximum Gasteiger partial charge on any atom is 0.363 e. The first-order valence-corrected chi connectivity index (χ1v) is 8.07. The van der Waals surface area contributed by atoms with Crippen LogP contribution in [0.25, 0.3) is 0 Å². The van der Waals surface area contributed by atoms with Gasteiger partial charge in [-0.3, -0.25) is 0 Å². The first-order valence-electron chi connectivity index (χ1n) is 7.70. The van der Waals surface area contributed by atoms with Crippen molar-refractivity contribution in [2.45, 2.75) is 0 Å². The molecular weight excluding hydrogens is 346 g/mol. The van der Waals surface area contributed by atoms with E-state index in [0.29, 0.717) is 36.9 Å². The molecule has 1 fully saturated rings. The maximum atomic E-state index is 12.3. The van der Waals surface area contributed by atoms with Crippen molar-refractivity contribution in [1.82, 2.24) is 9.88 Å². The van der Waals surface area contributed by atoms with Crippen LogP contribution < -0.4 is 10.2 Å². The Hall–Kier alpha value is -2.87. The summed E-state index contributed by atoms with van der Waals surface area (Å²) < 4.78 is 0. The molecule has 2 heterocycles. The second-order valence-electron chi connectivity index (χ2n) is 5.55. The fourth-order valence-electron chi connectivity index (χ4n) is 2.61. The molecule has 0 spiro atoms. The minimum Gasteiger partial charge on any atom is -0.365 e. The Morgan fingerprint density at radius 2 is 1.96 bits per heavy atom. The Balaban J connectivity index is 1.56. The summed E-state index contributed by atoms with van der Waals surface area (Å²) in [6, 6.07) is 9.87. The number of amides is 2. The van der Waals surface area contributed by atoms with Crippen molar-refractivity contribution >= 4 is 34.8 Å². The average molecular weight is 362 g/mol. The number of carbonyl (C=O) groups excluding carboxylic acids is 1. The van der Waals surface area contributed by atoms with Crippen LogP contribution in [0.5, 0.6) is 0 Å². The number of anilines is 2. The highest BCUT2D eigenvalue weighted by molar-refractivity contribution is 6.30. The fourth-order valence-corrected chi connectivity index (χ4v) is 2.80. The lowest BCUT2D eigenvalue weighted by Crippen LogP contribution is -2.50. The third-order valence-electron chi connectivity index (χ3n) is 3.93. The van der Waals surface area contributed by atoms with E-state index in [1.807, 2.05) is 4.90 Å². The molecule has 25 heavy (non-hydrogen) atoms. The van der Waals surface area contributed by atoms with Crippen molar-refractivity contribution in [1.29, 1.82) is 0 Å². The highest BCUT2D eigenvalue weighted by Gasteiger charge is 2.22. The van der Waals surface area contributed by atoms with Crippen LogP contribution in [-0.4, -0.2) is 47.0 Å². The summed E-state index contributed by atoms with van der Waals surface area (Å²) in [4.78, 5) is 30.0. The highest BCUT2D eigenvalue weighted by atomic mass is 35.5. The Labute approximate surface area is 149 Å². The Morgan fingerprint density at radius 1 is 1.20 bits per heavy atom. The summed E-state index contributed by atoms with van der Waals surface area (Å²) in [5.74, 6) is -0.178. The maximum absolute atomic E-state index is 12.3. The number of piperazine rings is 1. The van der Waals surface area contributed by atoms with Gasteiger partial charge in [0.25, 0.3) is 0 Å². The molecule has 0 bridgehead atoms. The van der Waals surface area contributed by atoms with Gasteiger partial charge in [-0.25, -0.2) is 4.79 Å². The lowest BCUT2D eigenvalue weighted by molar-refractivity contribution is -0.389. The summed E-state index contributed by atoms with van der Waals surface area (Å²) in [5, 5.41) is 14.0. The van der Waals surface area contributed by atoms with E-state index in [2.05, 4.69) is 10.3 Å². The largest absolute Gasteiger partial charge is 0.365 e. The van der Waals surface area contributed by atoms with E-state index in [1.165, 1.54) is 12.3 Å². The summed E-state index contributed by atoms with van der Waals surface area (Å²) in [6.45, 7) is 2.34. The van der Waals surface area contributed by atoms with Gasteiger partial charge in [0.1, 0.15) is 0 Å². The van der Waals surface area contributed by atoms with Crippen LogP contribution in [0.15, 0.2) is 42.6 Å². The normalized spacial score (nSPS) is 14.3. The zero-order chi connectivity index (χ0) is 17.8. The molecule has 1 N–H and O–H groups in total. The van der Waals surface area contributed by atoms with Gasteiger partial charge in [0.15, 0.2) is 6.20 Å². The minimum atomic E-state index is -0.526. The molecule has 1 aromatic carbocycles. The van der Waals surface area contributed by atoms with E-state index in [9.17, 15) is 14.9 Å². The number of nitrogens with zero attached hydrogens (tertiary/aromatic N) is 4. The minimum absolute atomic E-state index is 0.177. The summed E-state index contributed by atoms with van der Waals surface area (Å²) >= 11 is 5.91. The van der Waals surface area contributed by atoms with Gasteiger partial charge in [-0.15, -0.1) is 0 Å². The van der Waals surface area contributed by atoms with Gasteiger partial charge in [-0.2, -0.15) is 0 Å². The number of carbonyl (C=O) groups is 1. The number of hydrogen-bond donors (Lipinski definition) is 1. The van der Waals surface area contributed by atoms with Gasteiger partial charge in [0.05, 0.1) is 5.69 Å². The van der Waals surface area contributed by atoms with Crippen LogP contribution in [0.3, 0.4) is 0 Å². The zero-order valence-corrected chi connectivity index (χ0v) is 14.0. The number of benzene rings is 1. The standard InChI is InChI=1S/C16H16ClN5O3/c17-12-2-1-3-13(10-12)19-16(23)21-8-6-20(7-9-21)14-4-5-15(18-11-14)22(24)25/h1-5,10-11H,6-9H2,(H,19,23). The number of nitrogens with one attached hydrogen (secondary N) is 1. The molecule has 130 valence electrons. The van der Waals surface area contributed by atoms with Crippen LogP contribution in [0.4, 0.5) is 22.0 Å². The Bertz CT molecular complexity index is 776. The van der Waals surface area contributed by atoms with Crippen molar-refractivity contribution in [2.75, 3.05) is 36.4 Å². The number of urea groups is 1. The van der Waals surface area contributed by atoms with Crippen molar-refractivity contribution in [3.8, 4) is 0 Å². The first-order chi connectivity index (χ1) is 12.0. The van der Waals surface area contributed by atoms with Gasteiger partial charge < -0.3 is 25.2 Å². The number of halogens is 1. The molecule has 2 aromatic rings. The quantitative estimate of drug-likeness (QED) is 0.670. The molecule has 0 unspecified atom stereocenters. The average Bonchev–Trinajstić information content (AvgIpc) is 2.62. The summed E-state index contributed by atoms with van der Waals surface area (Å²) in [7, 11) is 0. The van der Waals surface area contributed by atoms with Crippen LogP contribution in [-0.2, 0) is 0 Å². The smallest absolute Gasteiger partial charge is 0.363 e. The van der Waals surface area contributed by atoms with Gasteiger partial charge >= 0.3 is 11.8 Å². The van der Waals surface area contributed by atoms with E-state index in [0.717, 1.165) is 5.69 Å². The van der Waals surface area contributed by atoms with E-state index >= 15 is 0 Å². The highest BCUT2D eigenvalue weighted by Crippen LogP contribution is 2.19. The molecule has 3 rings (SSSR count). The van der Waals surface area contributed by atoms with Crippen LogP contribution in [0.2, 0.25) is 5.02 Å². The Morgan fingerprint density at radius 3 is 2.56 bits per heavy atom. The van der Waals surface area contributed by atoms with Crippen molar-refractivity contribution in [3.63, 3.8) is 0 Å². The number of hydrogen-bond acceptors (Lipinski definition) is 5. The predicted molar refractivity (Wildman–Crippen MR) is 95.1 cm³/mol. The van der Waals surface area contributed by atoms with E-state index in [1.54, 1.807) is 35.2 Å². The molecule has 9 heteroatoms. The molecular formula is C16H16ClN5O3. The van der Waals surface area contributed by atoms with E-state index in [4.69, 9.17) is 11.6 Å². The van der Waals surface area contributed by atoms with E-state index in [-0.39, 0.29) is 11.8 Å². The molecule has 1 aromatic heterocycles. The molecule has 2 amide bonds. The number of nitro groups is 1. The molecule has 0 atom stereocenters. The monoisotopic (exact) mass is 361 g/mol. The molecule has 8 nitrogen and oxygen atoms in total. The summed E-state index contributed by atoms with van der Waals surface area (Å²) in [6.07, 6.45) is 1.49. The van der Waals surface area contributed by atoms with Crippen LogP contribution in [0, 0.1) is 10.1 Å². The Kier molecular flexibility index (Phi) is 4.99. The third kappa shape index (κ3) is 4.16. The third-order valence-corrected chi connectivity index (χ3v) is 4.16. The van der Waals surface area contributed by atoms with E-state index < -0.39 is 4.92 Å². The molecule has 1 saturated heterocycles. The van der Waals surface area contributed by atoms with Gasteiger partial charge in [-0.1, -0.05) is 17.7 Å². The molecule has 1 aliphatic rings. The van der Waals surface area contributed by atoms with Crippen molar-refractivity contribution in [3.05, 3.63) is 57.7 Å². The SMILES string of the molecule is O=C(Nc1cccc(Cl)c1)N1CCN(c2ccc([N+](=O)[O-])nc2)CC1. The number of rotatable bonds is 3.